The van der Waals surface area contributed by atoms with Crippen molar-refractivity contribution in [2.24, 2.45) is 5.92 Å². The van der Waals surface area contributed by atoms with Gasteiger partial charge in [0.1, 0.15) is 5.82 Å². The first-order valence-corrected chi connectivity index (χ1v) is 10.7. The summed E-state index contributed by atoms with van der Waals surface area (Å²) in [7, 11) is 1.69. The minimum Gasteiger partial charge on any atom is -0.385 e. The monoisotopic (exact) mass is 394 g/mol. The van der Waals surface area contributed by atoms with Crippen molar-refractivity contribution in [2.45, 2.75) is 38.5 Å². The SMILES string of the molecule is COCCCNC(=O)C1CCN(c2nc(-c3ccccc3)nc3c2CCC3)CC1. The maximum absolute atomic E-state index is 12.4. The van der Waals surface area contributed by atoms with Gasteiger partial charge in [-0.2, -0.15) is 0 Å². The second-order valence-corrected chi connectivity index (χ2v) is 7.91. The highest BCUT2D eigenvalue weighted by atomic mass is 16.5. The van der Waals surface area contributed by atoms with Crippen LogP contribution in [0.4, 0.5) is 5.82 Å². The molecule has 1 fully saturated rings. The molecule has 0 atom stereocenters. The summed E-state index contributed by atoms with van der Waals surface area (Å²) in [6, 6.07) is 10.2. The molecular weight excluding hydrogens is 364 g/mol. The van der Waals surface area contributed by atoms with Gasteiger partial charge in [0.25, 0.3) is 0 Å². The Morgan fingerprint density at radius 2 is 1.97 bits per heavy atom. The van der Waals surface area contributed by atoms with E-state index in [1.165, 1.54) is 11.3 Å². The van der Waals surface area contributed by atoms with Gasteiger partial charge in [-0.05, 0) is 38.5 Å². The number of nitrogens with one attached hydrogen (secondary N) is 1. The molecule has 154 valence electrons. The van der Waals surface area contributed by atoms with E-state index in [0.717, 1.165) is 68.8 Å². The summed E-state index contributed by atoms with van der Waals surface area (Å²) in [5.41, 5.74) is 3.58. The molecule has 29 heavy (non-hydrogen) atoms. The third kappa shape index (κ3) is 4.58. The molecule has 2 aromatic rings. The van der Waals surface area contributed by atoms with Gasteiger partial charge >= 0.3 is 0 Å². The number of ether oxygens (including phenoxy) is 1. The van der Waals surface area contributed by atoms with E-state index in [9.17, 15) is 4.79 Å². The number of hydrogen-bond acceptors (Lipinski definition) is 5. The number of fused-ring (bicyclic) bond motifs is 1. The van der Waals surface area contributed by atoms with Crippen LogP contribution in [-0.2, 0) is 22.4 Å². The van der Waals surface area contributed by atoms with Crippen molar-refractivity contribution in [1.29, 1.82) is 0 Å². The Morgan fingerprint density at radius 3 is 2.72 bits per heavy atom. The highest BCUT2D eigenvalue weighted by molar-refractivity contribution is 5.79. The number of hydrogen-bond donors (Lipinski definition) is 1. The number of benzene rings is 1. The van der Waals surface area contributed by atoms with Gasteiger partial charge in [0.2, 0.25) is 5.91 Å². The quantitative estimate of drug-likeness (QED) is 0.731. The number of carbonyl (C=O) groups is 1. The molecule has 0 saturated carbocycles. The van der Waals surface area contributed by atoms with Crippen LogP contribution < -0.4 is 10.2 Å². The standard InChI is InChI=1S/C23H30N4O2/c1-29-16-6-13-24-23(28)18-11-14-27(15-12-18)22-19-9-5-10-20(19)25-21(26-22)17-7-3-2-4-8-17/h2-4,7-8,18H,5-6,9-16H2,1H3,(H,24,28). The van der Waals surface area contributed by atoms with Gasteiger partial charge in [-0.1, -0.05) is 30.3 Å². The van der Waals surface area contributed by atoms with Crippen LogP contribution in [0.3, 0.4) is 0 Å². The lowest BCUT2D eigenvalue weighted by atomic mass is 9.95. The first-order chi connectivity index (χ1) is 14.3. The summed E-state index contributed by atoms with van der Waals surface area (Å²) in [5.74, 6) is 2.18. The number of rotatable bonds is 7. The van der Waals surface area contributed by atoms with Crippen LogP contribution in [0, 0.1) is 5.92 Å². The maximum Gasteiger partial charge on any atom is 0.223 e. The molecule has 0 unspecified atom stereocenters. The molecule has 1 N–H and O–H groups in total. The predicted octanol–water partition coefficient (Wildman–Crippen LogP) is 3.00. The summed E-state index contributed by atoms with van der Waals surface area (Å²) in [4.78, 5) is 24.6. The molecule has 0 radical (unpaired) electrons. The topological polar surface area (TPSA) is 67.3 Å². The Morgan fingerprint density at radius 1 is 1.17 bits per heavy atom. The van der Waals surface area contributed by atoms with Crippen LogP contribution in [0.25, 0.3) is 11.4 Å². The van der Waals surface area contributed by atoms with Gasteiger partial charge in [0.15, 0.2) is 5.82 Å². The zero-order valence-electron chi connectivity index (χ0n) is 17.2. The average Bonchev–Trinajstić information content (AvgIpc) is 3.25. The minimum absolute atomic E-state index is 0.0947. The summed E-state index contributed by atoms with van der Waals surface area (Å²) in [6.45, 7) is 3.11. The van der Waals surface area contributed by atoms with Gasteiger partial charge in [-0.25, -0.2) is 9.97 Å². The first kappa shape index (κ1) is 19.8. The van der Waals surface area contributed by atoms with Crippen molar-refractivity contribution in [3.8, 4) is 11.4 Å². The number of aryl methyl sites for hydroxylation is 1. The van der Waals surface area contributed by atoms with E-state index in [4.69, 9.17) is 14.7 Å². The van der Waals surface area contributed by atoms with Crippen molar-refractivity contribution in [3.63, 3.8) is 0 Å². The zero-order chi connectivity index (χ0) is 20.1. The average molecular weight is 395 g/mol. The van der Waals surface area contributed by atoms with E-state index >= 15 is 0 Å². The molecule has 4 rings (SSSR count). The van der Waals surface area contributed by atoms with Gasteiger partial charge in [-0.15, -0.1) is 0 Å². The van der Waals surface area contributed by atoms with Gasteiger partial charge in [-0.3, -0.25) is 4.79 Å². The first-order valence-electron chi connectivity index (χ1n) is 10.7. The zero-order valence-corrected chi connectivity index (χ0v) is 17.2. The van der Waals surface area contributed by atoms with Gasteiger partial charge in [0.05, 0.1) is 0 Å². The van der Waals surface area contributed by atoms with E-state index in [0.29, 0.717) is 13.2 Å². The van der Waals surface area contributed by atoms with Crippen LogP contribution in [-0.4, -0.2) is 49.2 Å². The molecule has 1 aliphatic heterocycles. The van der Waals surface area contributed by atoms with Gasteiger partial charge < -0.3 is 15.0 Å². The lowest BCUT2D eigenvalue weighted by Gasteiger charge is -2.33. The molecule has 0 bridgehead atoms. The molecule has 1 amide bonds. The van der Waals surface area contributed by atoms with Crippen molar-refractivity contribution in [2.75, 3.05) is 38.3 Å². The van der Waals surface area contributed by atoms with Crippen molar-refractivity contribution >= 4 is 11.7 Å². The van der Waals surface area contributed by atoms with Crippen molar-refractivity contribution < 1.29 is 9.53 Å². The number of anilines is 1. The second kappa shape index (κ2) is 9.35. The fraction of sp³-hybridized carbons (Fsp3) is 0.522. The summed E-state index contributed by atoms with van der Waals surface area (Å²) in [6.07, 6.45) is 5.84. The van der Waals surface area contributed by atoms with E-state index in [1.54, 1.807) is 7.11 Å². The lowest BCUT2D eigenvalue weighted by molar-refractivity contribution is -0.125. The van der Waals surface area contributed by atoms with E-state index in [-0.39, 0.29) is 11.8 Å². The summed E-state index contributed by atoms with van der Waals surface area (Å²) >= 11 is 0. The molecule has 1 aliphatic carbocycles. The van der Waals surface area contributed by atoms with Crippen molar-refractivity contribution in [1.82, 2.24) is 15.3 Å². The number of methoxy groups -OCH3 is 1. The molecule has 1 aromatic heterocycles. The molecule has 1 saturated heterocycles. The van der Waals surface area contributed by atoms with Gasteiger partial charge in [0, 0.05) is 56.1 Å². The highest BCUT2D eigenvalue weighted by Crippen LogP contribution is 2.33. The van der Waals surface area contributed by atoms with E-state index in [2.05, 4.69) is 22.3 Å². The fourth-order valence-corrected chi connectivity index (χ4v) is 4.32. The smallest absolute Gasteiger partial charge is 0.223 e. The minimum atomic E-state index is 0.0947. The molecule has 6 nitrogen and oxygen atoms in total. The largest absolute Gasteiger partial charge is 0.385 e. The third-order valence-corrected chi connectivity index (χ3v) is 5.93. The third-order valence-electron chi connectivity index (χ3n) is 5.93. The number of amides is 1. The second-order valence-electron chi connectivity index (χ2n) is 7.91. The summed E-state index contributed by atoms with van der Waals surface area (Å²) in [5, 5.41) is 3.05. The lowest BCUT2D eigenvalue weighted by Crippen LogP contribution is -2.41. The van der Waals surface area contributed by atoms with Crippen molar-refractivity contribution in [3.05, 3.63) is 41.6 Å². The number of carbonyl (C=O) groups excluding carboxylic acids is 1. The maximum atomic E-state index is 12.4. The molecule has 1 aromatic carbocycles. The Labute approximate surface area is 172 Å². The van der Waals surface area contributed by atoms with Crippen LogP contribution in [0.15, 0.2) is 30.3 Å². The number of piperidine rings is 1. The van der Waals surface area contributed by atoms with E-state index in [1.807, 2.05) is 18.2 Å². The Balaban J connectivity index is 1.44. The van der Waals surface area contributed by atoms with Crippen LogP contribution in [0.2, 0.25) is 0 Å². The normalized spacial score (nSPS) is 16.7. The van der Waals surface area contributed by atoms with Crippen LogP contribution in [0.1, 0.15) is 36.9 Å². The Bertz CT molecular complexity index is 832. The molecule has 2 heterocycles. The summed E-state index contributed by atoms with van der Waals surface area (Å²) < 4.78 is 5.04. The fourth-order valence-electron chi connectivity index (χ4n) is 4.32. The molecular formula is C23H30N4O2. The number of nitrogens with zero attached hydrogens (tertiary/aromatic N) is 3. The molecule has 6 heteroatoms. The highest BCUT2D eigenvalue weighted by Gasteiger charge is 2.29. The van der Waals surface area contributed by atoms with Crippen LogP contribution >= 0.6 is 0 Å². The predicted molar refractivity (Wildman–Crippen MR) is 114 cm³/mol. The Hall–Kier alpha value is -2.47. The van der Waals surface area contributed by atoms with Crippen LogP contribution in [0.5, 0.6) is 0 Å². The number of aromatic nitrogens is 2. The molecule has 2 aliphatic rings. The molecule has 0 spiro atoms. The van der Waals surface area contributed by atoms with E-state index < -0.39 is 0 Å². The Kier molecular flexibility index (Phi) is 6.39.